The Bertz CT molecular complexity index is 257. The minimum atomic E-state index is 0.171. The molecule has 4 heteroatoms. The van der Waals surface area contributed by atoms with Crippen LogP contribution in [0.4, 0.5) is 0 Å². The highest BCUT2D eigenvalue weighted by atomic mass is 16.2. The van der Waals surface area contributed by atoms with Crippen LogP contribution in [0, 0.1) is 0 Å². The topological polar surface area (TPSA) is 61.4 Å². The molecule has 0 aliphatic carbocycles. The first kappa shape index (κ1) is 21.1. The van der Waals surface area contributed by atoms with Crippen LogP contribution in [-0.4, -0.2) is 37.3 Å². The number of allylic oxidation sites excluding steroid dienone is 1. The Kier molecular flexibility index (Phi) is 17.5. The van der Waals surface area contributed by atoms with Crippen molar-refractivity contribution in [3.05, 3.63) is 12.7 Å². The molecule has 22 heavy (non-hydrogen) atoms. The van der Waals surface area contributed by atoms with Gasteiger partial charge in [-0.2, -0.15) is 0 Å². The van der Waals surface area contributed by atoms with Crippen LogP contribution in [0.15, 0.2) is 12.7 Å². The summed E-state index contributed by atoms with van der Waals surface area (Å²) in [5.74, 6) is 0.171. The molecule has 0 unspecified atom stereocenters. The maximum atomic E-state index is 11.6. The minimum Gasteiger partial charge on any atom is -0.396 e. The third-order valence-corrected chi connectivity index (χ3v) is 3.70. The zero-order valence-corrected chi connectivity index (χ0v) is 14.2. The normalized spacial score (nSPS) is 10.6. The standard InChI is InChI=1S/C18H36N2O2/c1-2-3-4-7-10-13-18(22)20-16-15-19-14-11-8-5-6-9-12-17-21/h2,19,21H,1,3-17H2,(H,20,22). The second-order valence-electron chi connectivity index (χ2n) is 5.83. The highest BCUT2D eigenvalue weighted by Crippen LogP contribution is 2.04. The van der Waals surface area contributed by atoms with Crippen LogP contribution >= 0.6 is 0 Å². The highest BCUT2D eigenvalue weighted by Gasteiger charge is 1.99. The van der Waals surface area contributed by atoms with Crippen molar-refractivity contribution in [1.82, 2.24) is 10.6 Å². The zero-order valence-electron chi connectivity index (χ0n) is 14.2. The molecule has 0 rings (SSSR count). The summed E-state index contributed by atoms with van der Waals surface area (Å²) in [7, 11) is 0. The van der Waals surface area contributed by atoms with Gasteiger partial charge in [-0.15, -0.1) is 6.58 Å². The Morgan fingerprint density at radius 3 is 2.27 bits per heavy atom. The molecule has 1 amide bonds. The summed E-state index contributed by atoms with van der Waals surface area (Å²) < 4.78 is 0. The van der Waals surface area contributed by atoms with Crippen molar-refractivity contribution in [2.24, 2.45) is 0 Å². The van der Waals surface area contributed by atoms with E-state index in [9.17, 15) is 4.79 Å². The summed E-state index contributed by atoms with van der Waals surface area (Å²) in [6.07, 6.45) is 13.8. The Morgan fingerprint density at radius 1 is 0.864 bits per heavy atom. The number of carbonyl (C=O) groups is 1. The summed E-state index contributed by atoms with van der Waals surface area (Å²) >= 11 is 0. The lowest BCUT2D eigenvalue weighted by Crippen LogP contribution is -2.32. The highest BCUT2D eigenvalue weighted by molar-refractivity contribution is 5.75. The lowest BCUT2D eigenvalue weighted by atomic mass is 10.1. The summed E-state index contributed by atoms with van der Waals surface area (Å²) in [6, 6.07) is 0. The first-order valence-electron chi connectivity index (χ1n) is 9.00. The molecule has 0 heterocycles. The number of hydrogen-bond donors (Lipinski definition) is 3. The third kappa shape index (κ3) is 17.2. The molecule has 0 aromatic rings. The zero-order chi connectivity index (χ0) is 16.3. The first-order chi connectivity index (χ1) is 10.8. The van der Waals surface area contributed by atoms with Crippen molar-refractivity contribution in [3.63, 3.8) is 0 Å². The SMILES string of the molecule is C=CCCCCCC(=O)NCCNCCCCCCCCO. The van der Waals surface area contributed by atoms with Crippen LogP contribution in [0.25, 0.3) is 0 Å². The smallest absolute Gasteiger partial charge is 0.220 e. The number of unbranched alkanes of at least 4 members (excludes halogenated alkanes) is 8. The maximum Gasteiger partial charge on any atom is 0.220 e. The minimum absolute atomic E-state index is 0.171. The molecule has 0 aliphatic rings. The van der Waals surface area contributed by atoms with Crippen molar-refractivity contribution in [2.75, 3.05) is 26.2 Å². The number of hydrogen-bond acceptors (Lipinski definition) is 3. The lowest BCUT2D eigenvalue weighted by Gasteiger charge is -2.07. The van der Waals surface area contributed by atoms with E-state index in [1.165, 1.54) is 25.7 Å². The van der Waals surface area contributed by atoms with E-state index >= 15 is 0 Å². The molecule has 0 spiro atoms. The number of rotatable bonds is 17. The number of amides is 1. The average Bonchev–Trinajstić information content (AvgIpc) is 2.52. The Labute approximate surface area is 136 Å². The molecular weight excluding hydrogens is 276 g/mol. The van der Waals surface area contributed by atoms with Crippen molar-refractivity contribution in [1.29, 1.82) is 0 Å². The molecule has 0 bridgehead atoms. The fourth-order valence-corrected chi connectivity index (χ4v) is 2.32. The summed E-state index contributed by atoms with van der Waals surface area (Å²) in [5, 5.41) is 15.0. The van der Waals surface area contributed by atoms with E-state index in [0.717, 1.165) is 58.2 Å². The predicted molar refractivity (Wildman–Crippen MR) is 93.9 cm³/mol. The van der Waals surface area contributed by atoms with Crippen LogP contribution in [-0.2, 0) is 4.79 Å². The van der Waals surface area contributed by atoms with E-state index in [-0.39, 0.29) is 5.91 Å². The van der Waals surface area contributed by atoms with Gasteiger partial charge in [0.1, 0.15) is 0 Å². The summed E-state index contributed by atoms with van der Waals surface area (Å²) in [5.41, 5.74) is 0. The maximum absolute atomic E-state index is 11.6. The van der Waals surface area contributed by atoms with Crippen molar-refractivity contribution < 1.29 is 9.90 Å². The van der Waals surface area contributed by atoms with Gasteiger partial charge in [-0.3, -0.25) is 4.79 Å². The first-order valence-corrected chi connectivity index (χ1v) is 9.00. The largest absolute Gasteiger partial charge is 0.396 e. The van der Waals surface area contributed by atoms with Gasteiger partial charge < -0.3 is 15.7 Å². The van der Waals surface area contributed by atoms with Crippen LogP contribution in [0.2, 0.25) is 0 Å². The Morgan fingerprint density at radius 2 is 1.55 bits per heavy atom. The van der Waals surface area contributed by atoms with Gasteiger partial charge in [-0.1, -0.05) is 38.2 Å². The van der Waals surface area contributed by atoms with Gasteiger partial charge in [-0.25, -0.2) is 0 Å². The molecule has 0 radical (unpaired) electrons. The molecule has 0 atom stereocenters. The quantitative estimate of drug-likeness (QED) is 0.285. The molecule has 0 saturated heterocycles. The summed E-state index contributed by atoms with van der Waals surface area (Å²) in [6.45, 7) is 6.62. The molecule has 4 nitrogen and oxygen atoms in total. The molecule has 0 saturated carbocycles. The van der Waals surface area contributed by atoms with E-state index in [1.807, 2.05) is 6.08 Å². The number of nitrogens with one attached hydrogen (secondary N) is 2. The number of carbonyl (C=O) groups excluding carboxylic acids is 1. The van der Waals surface area contributed by atoms with Gasteiger partial charge >= 0.3 is 0 Å². The fraction of sp³-hybridized carbons (Fsp3) is 0.833. The van der Waals surface area contributed by atoms with Crippen molar-refractivity contribution >= 4 is 5.91 Å². The van der Waals surface area contributed by atoms with E-state index in [1.54, 1.807) is 0 Å². The van der Waals surface area contributed by atoms with Gasteiger partial charge in [0.05, 0.1) is 0 Å². The molecule has 130 valence electrons. The molecule has 0 aromatic heterocycles. The molecule has 0 aromatic carbocycles. The van der Waals surface area contributed by atoms with Crippen LogP contribution in [0.5, 0.6) is 0 Å². The van der Waals surface area contributed by atoms with Crippen LogP contribution in [0.1, 0.15) is 70.6 Å². The van der Waals surface area contributed by atoms with E-state index in [4.69, 9.17) is 5.11 Å². The van der Waals surface area contributed by atoms with Gasteiger partial charge in [-0.05, 0) is 38.6 Å². The number of aliphatic hydroxyl groups is 1. The van der Waals surface area contributed by atoms with Gasteiger partial charge in [0.2, 0.25) is 5.91 Å². The molecular formula is C18H36N2O2. The predicted octanol–water partition coefficient (Wildman–Crippen LogP) is 3.16. The van der Waals surface area contributed by atoms with E-state index < -0.39 is 0 Å². The summed E-state index contributed by atoms with van der Waals surface area (Å²) in [4.78, 5) is 11.6. The van der Waals surface area contributed by atoms with Crippen molar-refractivity contribution in [2.45, 2.75) is 70.6 Å². The molecule has 0 aliphatic heterocycles. The second-order valence-corrected chi connectivity index (χ2v) is 5.83. The average molecular weight is 312 g/mol. The lowest BCUT2D eigenvalue weighted by molar-refractivity contribution is -0.121. The number of aliphatic hydroxyl groups excluding tert-OH is 1. The van der Waals surface area contributed by atoms with Gasteiger partial charge in [0.15, 0.2) is 0 Å². The van der Waals surface area contributed by atoms with Gasteiger partial charge in [0.25, 0.3) is 0 Å². The van der Waals surface area contributed by atoms with Crippen LogP contribution in [0.3, 0.4) is 0 Å². The third-order valence-electron chi connectivity index (χ3n) is 3.70. The van der Waals surface area contributed by atoms with Gasteiger partial charge in [0, 0.05) is 26.1 Å². The fourth-order valence-electron chi connectivity index (χ4n) is 2.32. The van der Waals surface area contributed by atoms with E-state index in [2.05, 4.69) is 17.2 Å². The molecule has 0 fully saturated rings. The molecule has 3 N–H and O–H groups in total. The second kappa shape index (κ2) is 18.2. The van der Waals surface area contributed by atoms with Crippen LogP contribution < -0.4 is 10.6 Å². The Balaban J connectivity index is 3.12. The monoisotopic (exact) mass is 312 g/mol. The van der Waals surface area contributed by atoms with E-state index in [0.29, 0.717) is 13.0 Å². The van der Waals surface area contributed by atoms with Crippen molar-refractivity contribution in [3.8, 4) is 0 Å². The Hall–Kier alpha value is -0.870.